The maximum Gasteiger partial charge on any atom is 0.316 e. The van der Waals surface area contributed by atoms with Gasteiger partial charge in [-0.3, -0.25) is 4.79 Å². The van der Waals surface area contributed by atoms with Crippen molar-refractivity contribution in [2.45, 2.75) is 18.3 Å². The molecule has 0 saturated carbocycles. The van der Waals surface area contributed by atoms with Gasteiger partial charge in [-0.2, -0.15) is 0 Å². The molecule has 0 radical (unpaired) electrons. The predicted octanol–water partition coefficient (Wildman–Crippen LogP) is -4.29. The van der Waals surface area contributed by atoms with Gasteiger partial charge in [0.2, 0.25) is 0 Å². The number of aliphatic hydroxyl groups is 5. The van der Waals surface area contributed by atoms with Crippen LogP contribution in [0.15, 0.2) is 0 Å². The summed E-state index contributed by atoms with van der Waals surface area (Å²) < 4.78 is 0. The molecular weight excluding hydrogens is 192 g/mol. The third-order valence-electron chi connectivity index (χ3n) is 1.39. The zero-order chi connectivity index (χ0) is 9.72. The molecule has 3 atom stereocenters. The van der Waals surface area contributed by atoms with Crippen LogP contribution < -0.4 is 0 Å². The molecule has 5 N–H and O–H groups in total. The normalized spacial score (nSPS) is 17.0. The molecular formula is C6H14MgO6. The van der Waals surface area contributed by atoms with Crippen LogP contribution in [0, 0.1) is 0 Å². The number of aliphatic hydroxyl groups excluding tert-OH is 5. The highest BCUT2D eigenvalue weighted by Gasteiger charge is 2.28. The van der Waals surface area contributed by atoms with E-state index in [1.165, 1.54) is 0 Å². The predicted molar refractivity (Wildman–Crippen MR) is 45.7 cm³/mol. The topological polar surface area (TPSA) is 118 Å². The van der Waals surface area contributed by atoms with Crippen molar-refractivity contribution in [3.8, 4) is 0 Å². The first kappa shape index (κ1) is 15.7. The largest absolute Gasteiger partial charge is 0.394 e. The molecule has 0 spiro atoms. The summed E-state index contributed by atoms with van der Waals surface area (Å²) in [5.74, 6) is -1.00. The van der Waals surface area contributed by atoms with E-state index in [0.29, 0.717) is 0 Å². The Hall–Kier alpha value is 0.236. The van der Waals surface area contributed by atoms with Gasteiger partial charge in [-0.1, -0.05) is 0 Å². The molecule has 6 nitrogen and oxygen atoms in total. The highest BCUT2D eigenvalue weighted by molar-refractivity contribution is 5.84. The maximum absolute atomic E-state index is 10.5. The van der Waals surface area contributed by atoms with Crippen LogP contribution in [0.25, 0.3) is 0 Å². The van der Waals surface area contributed by atoms with Gasteiger partial charge in [-0.15, -0.1) is 0 Å². The third-order valence-corrected chi connectivity index (χ3v) is 1.39. The molecule has 0 aliphatic rings. The van der Waals surface area contributed by atoms with Crippen molar-refractivity contribution in [1.82, 2.24) is 0 Å². The zero-order valence-electron chi connectivity index (χ0n) is 6.29. The fourth-order valence-electron chi connectivity index (χ4n) is 0.602. The molecule has 7 heteroatoms. The van der Waals surface area contributed by atoms with Crippen molar-refractivity contribution in [3.05, 3.63) is 0 Å². The summed E-state index contributed by atoms with van der Waals surface area (Å²) in [6.07, 6.45) is -5.22. The summed E-state index contributed by atoms with van der Waals surface area (Å²) in [5.41, 5.74) is 0. The number of rotatable bonds is 5. The lowest BCUT2D eigenvalue weighted by Gasteiger charge is -2.19. The first-order valence-corrected chi connectivity index (χ1v) is 3.33. The Labute approximate surface area is 91.0 Å². The SMILES string of the molecule is O=C(CO)C(O)C(O)C(O)CO.[MgH2]. The third kappa shape index (κ3) is 4.86. The first-order valence-electron chi connectivity index (χ1n) is 3.33. The monoisotopic (exact) mass is 206 g/mol. The average molecular weight is 206 g/mol. The molecule has 0 heterocycles. The van der Waals surface area contributed by atoms with Crippen LogP contribution in [0.2, 0.25) is 0 Å². The average Bonchev–Trinajstić information content (AvgIpc) is 2.12. The van der Waals surface area contributed by atoms with E-state index in [4.69, 9.17) is 25.5 Å². The van der Waals surface area contributed by atoms with Crippen LogP contribution in [0.4, 0.5) is 0 Å². The highest BCUT2D eigenvalue weighted by Crippen LogP contribution is 2.00. The fraction of sp³-hybridized carbons (Fsp3) is 0.833. The zero-order valence-corrected chi connectivity index (χ0v) is 6.29. The summed E-state index contributed by atoms with van der Waals surface area (Å²) in [5, 5.41) is 43.1. The Bertz CT molecular complexity index is 152. The van der Waals surface area contributed by atoms with Gasteiger partial charge in [0.25, 0.3) is 0 Å². The van der Waals surface area contributed by atoms with E-state index >= 15 is 0 Å². The smallest absolute Gasteiger partial charge is 0.316 e. The van der Waals surface area contributed by atoms with Crippen LogP contribution in [0.5, 0.6) is 0 Å². The van der Waals surface area contributed by atoms with E-state index in [1.807, 2.05) is 0 Å². The fourth-order valence-corrected chi connectivity index (χ4v) is 0.602. The van der Waals surface area contributed by atoms with Crippen molar-refractivity contribution >= 4 is 28.8 Å². The van der Waals surface area contributed by atoms with Gasteiger partial charge in [0.1, 0.15) is 24.9 Å². The first-order chi connectivity index (χ1) is 5.54. The molecule has 13 heavy (non-hydrogen) atoms. The Morgan fingerprint density at radius 1 is 1.15 bits per heavy atom. The summed E-state index contributed by atoms with van der Waals surface area (Å²) in [7, 11) is 0. The Kier molecular flexibility index (Phi) is 9.20. The van der Waals surface area contributed by atoms with Crippen LogP contribution in [0.1, 0.15) is 0 Å². The molecule has 0 saturated heterocycles. The summed E-state index contributed by atoms with van der Waals surface area (Å²) in [4.78, 5) is 10.5. The maximum atomic E-state index is 10.5. The molecule has 0 amide bonds. The van der Waals surface area contributed by atoms with Crippen molar-refractivity contribution in [3.63, 3.8) is 0 Å². The lowest BCUT2D eigenvalue weighted by atomic mass is 10.1. The summed E-state index contributed by atoms with van der Waals surface area (Å²) in [6, 6.07) is 0. The lowest BCUT2D eigenvalue weighted by Crippen LogP contribution is -2.44. The minimum absolute atomic E-state index is 0. The molecule has 0 aromatic carbocycles. The molecule has 0 aromatic rings. The van der Waals surface area contributed by atoms with Gasteiger partial charge in [-0.25, -0.2) is 0 Å². The van der Waals surface area contributed by atoms with Gasteiger partial charge < -0.3 is 25.5 Å². The van der Waals surface area contributed by atoms with Gasteiger partial charge in [0.15, 0.2) is 5.78 Å². The Morgan fingerprint density at radius 2 is 1.62 bits per heavy atom. The Balaban J connectivity index is 0. The van der Waals surface area contributed by atoms with Crippen molar-refractivity contribution in [2.24, 2.45) is 0 Å². The second-order valence-electron chi connectivity index (χ2n) is 2.31. The number of hydrogen-bond donors (Lipinski definition) is 5. The number of ketones is 1. The lowest BCUT2D eigenvalue weighted by molar-refractivity contribution is -0.142. The number of carbonyl (C=O) groups excluding carboxylic acids is 1. The van der Waals surface area contributed by atoms with Gasteiger partial charge >= 0.3 is 23.1 Å². The van der Waals surface area contributed by atoms with E-state index in [2.05, 4.69) is 0 Å². The number of hydrogen-bond acceptors (Lipinski definition) is 6. The molecule has 76 valence electrons. The van der Waals surface area contributed by atoms with Crippen LogP contribution in [-0.2, 0) is 4.79 Å². The molecule has 0 bridgehead atoms. The second-order valence-corrected chi connectivity index (χ2v) is 2.31. The van der Waals surface area contributed by atoms with Crippen molar-refractivity contribution < 1.29 is 30.3 Å². The van der Waals surface area contributed by atoms with Crippen LogP contribution in [-0.4, -0.2) is 85.9 Å². The minimum Gasteiger partial charge on any atom is -0.394 e. The standard InChI is InChI=1S/C6H12O6.Mg.2H/c7-1-3(9)5(11)6(12)4(10)2-8;;;/h3,5-9,11-12H,1-2H2;;;. The quantitative estimate of drug-likeness (QED) is 0.291. The van der Waals surface area contributed by atoms with Gasteiger partial charge in [0, 0.05) is 0 Å². The highest BCUT2D eigenvalue weighted by atomic mass is 24.3. The van der Waals surface area contributed by atoms with E-state index in [0.717, 1.165) is 0 Å². The van der Waals surface area contributed by atoms with E-state index in [9.17, 15) is 4.79 Å². The van der Waals surface area contributed by atoms with Crippen molar-refractivity contribution in [1.29, 1.82) is 0 Å². The number of carbonyl (C=O) groups is 1. The molecule has 0 aliphatic heterocycles. The van der Waals surface area contributed by atoms with Crippen LogP contribution in [0.3, 0.4) is 0 Å². The molecule has 0 aliphatic carbocycles. The second kappa shape index (κ2) is 7.62. The van der Waals surface area contributed by atoms with E-state index in [-0.39, 0.29) is 23.1 Å². The van der Waals surface area contributed by atoms with E-state index < -0.39 is 37.3 Å². The molecule has 0 rings (SSSR count). The van der Waals surface area contributed by atoms with Gasteiger partial charge in [0.05, 0.1) is 6.61 Å². The summed E-state index contributed by atoms with van der Waals surface area (Å²) in [6.45, 7) is -1.69. The van der Waals surface area contributed by atoms with E-state index in [1.54, 1.807) is 0 Å². The Morgan fingerprint density at radius 3 is 1.92 bits per heavy atom. The molecule has 0 aromatic heterocycles. The number of Topliss-reactive ketones (excluding diaryl/α,β-unsaturated/α-hetero) is 1. The molecule has 0 fully saturated rings. The van der Waals surface area contributed by atoms with Gasteiger partial charge in [-0.05, 0) is 0 Å². The summed E-state index contributed by atoms with van der Waals surface area (Å²) >= 11 is 0. The van der Waals surface area contributed by atoms with Crippen molar-refractivity contribution in [2.75, 3.05) is 13.2 Å². The minimum atomic E-state index is -1.86. The molecule has 3 unspecified atom stereocenters. The van der Waals surface area contributed by atoms with Crippen LogP contribution >= 0.6 is 0 Å².